The molecule has 0 bridgehead atoms. The Morgan fingerprint density at radius 3 is 2.00 bits per heavy atom. The molecule has 1 nitrogen and oxygen atoms in total. The van der Waals surface area contributed by atoms with Gasteiger partial charge in [-0.3, -0.25) is 4.79 Å². The van der Waals surface area contributed by atoms with Gasteiger partial charge in [0.05, 0.1) is 0 Å². The number of Topliss-reactive ketones (excluding diaryl/α,β-unsaturated/α-hetero) is 1. The number of hydrogen-bond donors (Lipinski definition) is 0. The van der Waals surface area contributed by atoms with Crippen LogP contribution in [0.2, 0.25) is 0 Å². The van der Waals surface area contributed by atoms with Crippen LogP contribution in [0.15, 0.2) is 0 Å². The van der Waals surface area contributed by atoms with Crippen molar-refractivity contribution in [2.75, 3.05) is 0 Å². The fraction of sp³-hybridized carbons (Fsp3) is 0.923. The maximum atomic E-state index is 11.9. The molecule has 80 valence electrons. The third kappa shape index (κ3) is 3.11. The first-order valence-electron chi connectivity index (χ1n) is 6.39. The summed E-state index contributed by atoms with van der Waals surface area (Å²) >= 11 is 0. The molecule has 0 radical (unpaired) electrons. The van der Waals surface area contributed by atoms with Gasteiger partial charge in [0.1, 0.15) is 5.78 Å². The van der Waals surface area contributed by atoms with Crippen LogP contribution in [0, 0.1) is 11.8 Å². The van der Waals surface area contributed by atoms with Crippen LogP contribution in [0.5, 0.6) is 0 Å². The van der Waals surface area contributed by atoms with E-state index in [0.717, 1.165) is 12.3 Å². The first-order chi connectivity index (χ1) is 6.86. The summed E-state index contributed by atoms with van der Waals surface area (Å²) < 4.78 is 0. The van der Waals surface area contributed by atoms with E-state index in [1.54, 1.807) is 0 Å². The highest BCUT2D eigenvalue weighted by Gasteiger charge is 2.28. The Morgan fingerprint density at radius 2 is 1.43 bits per heavy atom. The van der Waals surface area contributed by atoms with E-state index in [1.165, 1.54) is 57.8 Å². The lowest BCUT2D eigenvalue weighted by Crippen LogP contribution is -2.16. The second-order valence-electron chi connectivity index (χ2n) is 5.16. The zero-order valence-electron chi connectivity index (χ0n) is 9.13. The molecule has 0 aromatic heterocycles. The Balaban J connectivity index is 1.76. The smallest absolute Gasteiger partial charge is 0.136 e. The molecule has 0 N–H and O–H groups in total. The average Bonchev–Trinajstić information content (AvgIpc) is 2.86. The van der Waals surface area contributed by atoms with Crippen LogP contribution < -0.4 is 0 Å². The maximum absolute atomic E-state index is 11.9. The third-order valence-electron chi connectivity index (χ3n) is 3.75. The molecule has 2 saturated carbocycles. The second kappa shape index (κ2) is 4.95. The van der Waals surface area contributed by atoms with Gasteiger partial charge in [-0.15, -0.1) is 0 Å². The number of rotatable bonds is 3. The molecule has 2 aliphatic rings. The van der Waals surface area contributed by atoms with E-state index >= 15 is 0 Å². The van der Waals surface area contributed by atoms with Crippen LogP contribution in [-0.4, -0.2) is 5.78 Å². The van der Waals surface area contributed by atoms with Crippen LogP contribution in [0.1, 0.15) is 64.2 Å². The Kier molecular flexibility index (Phi) is 3.61. The summed E-state index contributed by atoms with van der Waals surface area (Å²) in [5.41, 5.74) is 0. The van der Waals surface area contributed by atoms with E-state index in [9.17, 15) is 4.79 Å². The molecular formula is C13H22O. The van der Waals surface area contributed by atoms with Gasteiger partial charge >= 0.3 is 0 Å². The number of hydrogen-bond acceptors (Lipinski definition) is 1. The summed E-state index contributed by atoms with van der Waals surface area (Å²) in [6.07, 6.45) is 12.6. The fourth-order valence-electron chi connectivity index (χ4n) is 2.55. The fourth-order valence-corrected chi connectivity index (χ4v) is 2.55. The number of ketones is 1. The Morgan fingerprint density at radius 1 is 0.857 bits per heavy atom. The summed E-state index contributed by atoms with van der Waals surface area (Å²) in [6.45, 7) is 0. The molecule has 0 spiro atoms. The van der Waals surface area contributed by atoms with E-state index in [4.69, 9.17) is 0 Å². The van der Waals surface area contributed by atoms with Gasteiger partial charge in [-0.1, -0.05) is 32.1 Å². The van der Waals surface area contributed by atoms with E-state index in [1.807, 2.05) is 0 Å². The lowest BCUT2D eigenvalue weighted by molar-refractivity contribution is -0.123. The quantitative estimate of drug-likeness (QED) is 0.669. The minimum absolute atomic E-state index is 0.441. The SMILES string of the molecule is O=C(CC1CC1)C1CCCCCCC1. The summed E-state index contributed by atoms with van der Waals surface area (Å²) in [7, 11) is 0. The lowest BCUT2D eigenvalue weighted by Gasteiger charge is -2.18. The topological polar surface area (TPSA) is 17.1 Å². The highest BCUT2D eigenvalue weighted by atomic mass is 16.1. The van der Waals surface area contributed by atoms with Gasteiger partial charge in [-0.25, -0.2) is 0 Å². The van der Waals surface area contributed by atoms with Crippen LogP contribution in [0.3, 0.4) is 0 Å². The Hall–Kier alpha value is -0.330. The van der Waals surface area contributed by atoms with Gasteiger partial charge in [-0.05, 0) is 31.6 Å². The van der Waals surface area contributed by atoms with Crippen molar-refractivity contribution in [3.8, 4) is 0 Å². The second-order valence-corrected chi connectivity index (χ2v) is 5.16. The minimum atomic E-state index is 0.441. The molecule has 0 aromatic carbocycles. The van der Waals surface area contributed by atoms with E-state index in [0.29, 0.717) is 11.7 Å². The lowest BCUT2D eigenvalue weighted by atomic mass is 9.86. The van der Waals surface area contributed by atoms with Gasteiger partial charge < -0.3 is 0 Å². The minimum Gasteiger partial charge on any atom is -0.299 e. The van der Waals surface area contributed by atoms with Crippen LogP contribution in [0.4, 0.5) is 0 Å². The predicted molar refractivity (Wildman–Crippen MR) is 58.2 cm³/mol. The van der Waals surface area contributed by atoms with E-state index in [2.05, 4.69) is 0 Å². The monoisotopic (exact) mass is 194 g/mol. The van der Waals surface area contributed by atoms with Crippen LogP contribution in [-0.2, 0) is 4.79 Å². The van der Waals surface area contributed by atoms with Gasteiger partial charge in [0.15, 0.2) is 0 Å². The van der Waals surface area contributed by atoms with Crippen molar-refractivity contribution in [1.29, 1.82) is 0 Å². The standard InChI is InChI=1S/C13H22O/c14-13(10-11-8-9-11)12-6-4-2-1-3-5-7-12/h11-12H,1-10H2. The average molecular weight is 194 g/mol. The third-order valence-corrected chi connectivity index (χ3v) is 3.75. The van der Waals surface area contributed by atoms with E-state index in [-0.39, 0.29) is 0 Å². The van der Waals surface area contributed by atoms with Crippen molar-refractivity contribution in [2.45, 2.75) is 64.2 Å². The van der Waals surface area contributed by atoms with Gasteiger partial charge in [0.2, 0.25) is 0 Å². The number of carbonyl (C=O) groups excluding carboxylic acids is 1. The maximum Gasteiger partial charge on any atom is 0.136 e. The molecule has 14 heavy (non-hydrogen) atoms. The molecule has 2 aliphatic carbocycles. The zero-order valence-corrected chi connectivity index (χ0v) is 9.13. The van der Waals surface area contributed by atoms with Crippen molar-refractivity contribution in [3.63, 3.8) is 0 Å². The highest BCUT2D eigenvalue weighted by molar-refractivity contribution is 5.81. The predicted octanol–water partition coefficient (Wildman–Crippen LogP) is 3.72. The van der Waals surface area contributed by atoms with Crippen molar-refractivity contribution >= 4 is 5.78 Å². The number of carbonyl (C=O) groups is 1. The molecular weight excluding hydrogens is 172 g/mol. The Bertz CT molecular complexity index is 185. The Labute approximate surface area is 87.3 Å². The summed E-state index contributed by atoms with van der Waals surface area (Å²) in [4.78, 5) is 11.9. The normalized spacial score (nSPS) is 25.4. The summed E-state index contributed by atoms with van der Waals surface area (Å²) in [5, 5.41) is 0. The molecule has 0 amide bonds. The van der Waals surface area contributed by atoms with Gasteiger partial charge in [0, 0.05) is 12.3 Å². The zero-order chi connectivity index (χ0) is 9.80. The largest absolute Gasteiger partial charge is 0.299 e. The highest BCUT2D eigenvalue weighted by Crippen LogP contribution is 2.35. The molecule has 0 heterocycles. The summed E-state index contributed by atoms with van der Waals surface area (Å²) in [6, 6.07) is 0. The van der Waals surface area contributed by atoms with Crippen LogP contribution in [0.25, 0.3) is 0 Å². The van der Waals surface area contributed by atoms with Gasteiger partial charge in [0.25, 0.3) is 0 Å². The molecule has 2 fully saturated rings. The van der Waals surface area contributed by atoms with Crippen molar-refractivity contribution in [1.82, 2.24) is 0 Å². The molecule has 1 heteroatoms. The first-order valence-corrected chi connectivity index (χ1v) is 6.39. The first kappa shape index (κ1) is 10.2. The van der Waals surface area contributed by atoms with Crippen molar-refractivity contribution < 1.29 is 4.79 Å². The van der Waals surface area contributed by atoms with Crippen LogP contribution >= 0.6 is 0 Å². The molecule has 0 aliphatic heterocycles. The molecule has 0 unspecified atom stereocenters. The van der Waals surface area contributed by atoms with Gasteiger partial charge in [-0.2, -0.15) is 0 Å². The van der Waals surface area contributed by atoms with E-state index < -0.39 is 0 Å². The molecule has 0 atom stereocenters. The van der Waals surface area contributed by atoms with Crippen molar-refractivity contribution in [2.24, 2.45) is 11.8 Å². The van der Waals surface area contributed by atoms with Crippen molar-refractivity contribution in [3.05, 3.63) is 0 Å². The molecule has 0 saturated heterocycles. The molecule has 0 aromatic rings. The summed E-state index contributed by atoms with van der Waals surface area (Å²) in [5.74, 6) is 1.82. The molecule has 2 rings (SSSR count).